The summed E-state index contributed by atoms with van der Waals surface area (Å²) in [6.07, 6.45) is 1.84. The van der Waals surface area contributed by atoms with Crippen molar-refractivity contribution in [2.75, 3.05) is 20.3 Å². The molecule has 1 aliphatic carbocycles. The van der Waals surface area contributed by atoms with E-state index in [4.69, 9.17) is 14.2 Å². The fourth-order valence-electron chi connectivity index (χ4n) is 3.37. The number of allylic oxidation sites excluding steroid dienone is 1. The summed E-state index contributed by atoms with van der Waals surface area (Å²) in [4.78, 5) is 37.6. The van der Waals surface area contributed by atoms with Crippen LogP contribution in [0.1, 0.15) is 40.0 Å². The van der Waals surface area contributed by atoms with E-state index in [1.807, 2.05) is 0 Å². The quantitative estimate of drug-likeness (QED) is 0.460. The number of nitrogens with one attached hydrogen (secondary N) is 1. The molecule has 7 heteroatoms. The second kappa shape index (κ2) is 7.07. The zero-order chi connectivity index (χ0) is 17.9. The number of carbonyl (C=O) groups excluding carboxylic acids is 3. The first-order chi connectivity index (χ1) is 11.4. The van der Waals surface area contributed by atoms with Crippen LogP contribution in [0.3, 0.4) is 0 Å². The Morgan fingerprint density at radius 2 is 1.67 bits per heavy atom. The van der Waals surface area contributed by atoms with Crippen LogP contribution in [0.15, 0.2) is 22.4 Å². The topological polar surface area (TPSA) is 90.9 Å². The maximum atomic E-state index is 12.7. The number of hydrogen-bond donors (Lipinski definition) is 1. The molecule has 0 radical (unpaired) electrons. The van der Waals surface area contributed by atoms with E-state index < -0.39 is 23.4 Å². The number of methoxy groups -OCH3 is 1. The summed E-state index contributed by atoms with van der Waals surface area (Å²) in [5.41, 5.74) is 0.293. The minimum Gasteiger partial charge on any atom is -0.465 e. The number of ether oxygens (including phenoxy) is 3. The van der Waals surface area contributed by atoms with Crippen LogP contribution < -0.4 is 5.32 Å². The highest BCUT2D eigenvalue weighted by molar-refractivity contribution is 6.11. The van der Waals surface area contributed by atoms with E-state index in [9.17, 15) is 14.4 Å². The summed E-state index contributed by atoms with van der Waals surface area (Å²) < 4.78 is 15.2. The fraction of sp³-hybridized carbons (Fsp3) is 0.588. The molecule has 7 nitrogen and oxygen atoms in total. The largest absolute Gasteiger partial charge is 0.465 e. The molecule has 0 fully saturated rings. The van der Waals surface area contributed by atoms with E-state index in [1.165, 1.54) is 7.11 Å². The summed E-state index contributed by atoms with van der Waals surface area (Å²) in [6, 6.07) is 0. The Hall–Kier alpha value is -2.31. The second-order valence-electron chi connectivity index (χ2n) is 5.62. The lowest BCUT2D eigenvalue weighted by Gasteiger charge is -2.37. The highest BCUT2D eigenvalue weighted by Gasteiger charge is 2.56. The van der Waals surface area contributed by atoms with Crippen molar-refractivity contribution < 1.29 is 28.6 Å². The Morgan fingerprint density at radius 3 is 2.17 bits per heavy atom. The third-order valence-corrected chi connectivity index (χ3v) is 4.28. The molecule has 2 aliphatic rings. The van der Waals surface area contributed by atoms with Crippen molar-refractivity contribution in [1.82, 2.24) is 5.32 Å². The van der Waals surface area contributed by atoms with Gasteiger partial charge in [-0.15, -0.1) is 0 Å². The molecule has 24 heavy (non-hydrogen) atoms. The normalized spacial score (nSPS) is 18.7. The third-order valence-electron chi connectivity index (χ3n) is 4.28. The molecule has 0 aromatic rings. The van der Waals surface area contributed by atoms with Crippen LogP contribution in [0, 0.1) is 0 Å². The predicted octanol–water partition coefficient (Wildman–Crippen LogP) is 1.38. The second-order valence-corrected chi connectivity index (χ2v) is 5.62. The van der Waals surface area contributed by atoms with Crippen molar-refractivity contribution in [2.24, 2.45) is 0 Å². The van der Waals surface area contributed by atoms with E-state index in [1.54, 1.807) is 20.8 Å². The Labute approximate surface area is 141 Å². The molecule has 0 atom stereocenters. The monoisotopic (exact) mass is 337 g/mol. The molecule has 0 aromatic carbocycles. The Morgan fingerprint density at radius 1 is 1.08 bits per heavy atom. The van der Waals surface area contributed by atoms with Gasteiger partial charge in [0.05, 0.1) is 25.9 Å². The number of hydrogen-bond acceptors (Lipinski definition) is 7. The summed E-state index contributed by atoms with van der Waals surface area (Å²) >= 11 is 0. The number of dihydropyridines is 1. The van der Waals surface area contributed by atoms with Crippen molar-refractivity contribution in [2.45, 2.75) is 45.6 Å². The first-order valence-electron chi connectivity index (χ1n) is 8.08. The molecule has 132 valence electrons. The third kappa shape index (κ3) is 2.68. The van der Waals surface area contributed by atoms with E-state index in [-0.39, 0.29) is 13.2 Å². The molecule has 0 spiro atoms. The summed E-state index contributed by atoms with van der Waals surface area (Å²) in [5, 5.41) is 2.91. The molecular formula is C17H23NO6. The maximum absolute atomic E-state index is 12.7. The molecule has 0 saturated heterocycles. The van der Waals surface area contributed by atoms with Gasteiger partial charge < -0.3 is 19.5 Å². The average molecular weight is 337 g/mol. The van der Waals surface area contributed by atoms with Gasteiger partial charge in [-0.3, -0.25) is 0 Å². The van der Waals surface area contributed by atoms with E-state index in [0.29, 0.717) is 35.3 Å². The van der Waals surface area contributed by atoms with Gasteiger partial charge in [-0.1, -0.05) is 0 Å². The van der Waals surface area contributed by atoms with Gasteiger partial charge in [0.25, 0.3) is 5.54 Å². The lowest BCUT2D eigenvalue weighted by molar-refractivity contribution is -0.163. The standard InChI is InChI=1S/C17H23NO6/c1-5-23-15(20)17(16(21)24-6-2)12-9-7-8-11(12)13(10(3)18-17)14(19)22-4/h18H,5-9H2,1-4H3. The van der Waals surface area contributed by atoms with Gasteiger partial charge in [0.15, 0.2) is 0 Å². The van der Waals surface area contributed by atoms with E-state index >= 15 is 0 Å². The highest BCUT2D eigenvalue weighted by atomic mass is 16.6. The molecule has 1 heterocycles. The smallest absolute Gasteiger partial charge is 0.348 e. The number of carbonyl (C=O) groups is 3. The van der Waals surface area contributed by atoms with Gasteiger partial charge >= 0.3 is 17.9 Å². The highest BCUT2D eigenvalue weighted by Crippen LogP contribution is 2.43. The van der Waals surface area contributed by atoms with Crippen LogP contribution >= 0.6 is 0 Å². The molecular weight excluding hydrogens is 314 g/mol. The lowest BCUT2D eigenvalue weighted by atomic mass is 9.81. The van der Waals surface area contributed by atoms with Crippen molar-refractivity contribution in [1.29, 1.82) is 0 Å². The fourth-order valence-corrected chi connectivity index (χ4v) is 3.37. The maximum Gasteiger partial charge on any atom is 0.348 e. The SMILES string of the molecule is CCOC(=O)C1(C(=O)OCC)NC(C)=C(C(=O)OC)C2=C1CCC2. The van der Waals surface area contributed by atoms with Crippen LogP contribution in [-0.2, 0) is 28.6 Å². The van der Waals surface area contributed by atoms with Gasteiger partial charge in [0.2, 0.25) is 0 Å². The molecule has 0 saturated carbocycles. The molecule has 0 aromatic heterocycles. The molecule has 0 amide bonds. The molecule has 1 N–H and O–H groups in total. The Kier molecular flexibility index (Phi) is 5.31. The zero-order valence-electron chi connectivity index (χ0n) is 14.5. The van der Waals surface area contributed by atoms with Gasteiger partial charge in [-0.25, -0.2) is 14.4 Å². The van der Waals surface area contributed by atoms with Gasteiger partial charge in [-0.05, 0) is 51.2 Å². The molecule has 1 aliphatic heterocycles. The summed E-state index contributed by atoms with van der Waals surface area (Å²) in [6.45, 7) is 5.26. The number of rotatable bonds is 5. The van der Waals surface area contributed by atoms with Crippen molar-refractivity contribution in [3.63, 3.8) is 0 Å². The summed E-state index contributed by atoms with van der Waals surface area (Å²) in [7, 11) is 1.30. The zero-order valence-corrected chi connectivity index (χ0v) is 14.5. The van der Waals surface area contributed by atoms with Crippen LogP contribution in [0.2, 0.25) is 0 Å². The summed E-state index contributed by atoms with van der Waals surface area (Å²) in [5.74, 6) is -1.90. The van der Waals surface area contributed by atoms with Crippen molar-refractivity contribution in [3.8, 4) is 0 Å². The Balaban J connectivity index is 2.62. The van der Waals surface area contributed by atoms with Crippen LogP contribution in [0.4, 0.5) is 0 Å². The molecule has 0 bridgehead atoms. The first kappa shape index (κ1) is 18.0. The van der Waals surface area contributed by atoms with E-state index in [0.717, 1.165) is 6.42 Å². The lowest BCUT2D eigenvalue weighted by Crippen LogP contribution is -2.62. The Bertz CT molecular complexity index is 613. The van der Waals surface area contributed by atoms with E-state index in [2.05, 4.69) is 5.32 Å². The minimum atomic E-state index is -1.72. The van der Waals surface area contributed by atoms with Crippen LogP contribution in [0.25, 0.3) is 0 Å². The van der Waals surface area contributed by atoms with Gasteiger partial charge in [-0.2, -0.15) is 0 Å². The first-order valence-corrected chi connectivity index (χ1v) is 8.08. The predicted molar refractivity (Wildman–Crippen MR) is 84.7 cm³/mol. The average Bonchev–Trinajstić information content (AvgIpc) is 3.03. The van der Waals surface area contributed by atoms with Gasteiger partial charge in [0, 0.05) is 5.70 Å². The van der Waals surface area contributed by atoms with Crippen LogP contribution in [0.5, 0.6) is 0 Å². The van der Waals surface area contributed by atoms with Gasteiger partial charge in [0.1, 0.15) is 0 Å². The molecule has 0 unspecified atom stereocenters. The van der Waals surface area contributed by atoms with Crippen LogP contribution in [-0.4, -0.2) is 43.8 Å². The molecule has 2 rings (SSSR count). The van der Waals surface area contributed by atoms with Crippen molar-refractivity contribution in [3.05, 3.63) is 22.4 Å². The minimum absolute atomic E-state index is 0.136. The number of esters is 3. The van der Waals surface area contributed by atoms with Crippen molar-refractivity contribution >= 4 is 17.9 Å².